The van der Waals surface area contributed by atoms with E-state index in [1.54, 1.807) is 0 Å². The summed E-state index contributed by atoms with van der Waals surface area (Å²) in [4.78, 5) is 3.83. The van der Waals surface area contributed by atoms with E-state index in [2.05, 4.69) is 13.2 Å². The van der Waals surface area contributed by atoms with Gasteiger partial charge in [-0.2, -0.15) is 0 Å². The summed E-state index contributed by atoms with van der Waals surface area (Å²) >= 11 is 0. The van der Waals surface area contributed by atoms with Crippen LogP contribution in [0.25, 0.3) is 0 Å². The smallest absolute Gasteiger partial charge is 0.126 e. The molecule has 0 saturated carbocycles. The molecule has 80 valence electrons. The van der Waals surface area contributed by atoms with Crippen molar-refractivity contribution in [1.82, 2.24) is 9.80 Å². The van der Waals surface area contributed by atoms with E-state index in [0.29, 0.717) is 0 Å². The molecule has 1 saturated heterocycles. The molecule has 2 unspecified atom stereocenters. The lowest BCUT2D eigenvalue weighted by Gasteiger charge is -2.37. The maximum atomic E-state index is 9.47. The molecule has 1 rings (SSSR count). The number of nitrogens with zero attached hydrogens (tertiary/aromatic N) is 2. The van der Waals surface area contributed by atoms with Gasteiger partial charge in [0.2, 0.25) is 0 Å². The molecule has 2 N–H and O–H groups in total. The van der Waals surface area contributed by atoms with Crippen molar-refractivity contribution < 1.29 is 10.2 Å². The van der Waals surface area contributed by atoms with Gasteiger partial charge in [-0.1, -0.05) is 13.2 Å². The molecule has 0 aromatic rings. The molecule has 1 fully saturated rings. The molecule has 0 bridgehead atoms. The van der Waals surface area contributed by atoms with Crippen LogP contribution in [0.15, 0.2) is 25.3 Å². The highest BCUT2D eigenvalue weighted by Gasteiger charge is 2.22. The van der Waals surface area contributed by atoms with Crippen LogP contribution in [0.5, 0.6) is 0 Å². The molecule has 0 aromatic carbocycles. The van der Waals surface area contributed by atoms with Crippen molar-refractivity contribution in [3.8, 4) is 0 Å². The molecule has 0 amide bonds. The zero-order valence-electron chi connectivity index (χ0n) is 8.34. The van der Waals surface area contributed by atoms with Crippen molar-refractivity contribution >= 4 is 0 Å². The number of hydrogen-bond acceptors (Lipinski definition) is 4. The minimum absolute atomic E-state index is 0.571. The van der Waals surface area contributed by atoms with E-state index >= 15 is 0 Å². The van der Waals surface area contributed by atoms with E-state index in [9.17, 15) is 10.2 Å². The number of hydrogen-bond donors (Lipinski definition) is 2. The summed E-state index contributed by atoms with van der Waals surface area (Å²) in [6.07, 6.45) is 1.88. The van der Waals surface area contributed by atoms with E-state index in [1.165, 1.54) is 12.2 Å². The molecular formula is C10H18N2O2. The molecule has 0 radical (unpaired) electrons. The van der Waals surface area contributed by atoms with Gasteiger partial charge in [0.15, 0.2) is 0 Å². The van der Waals surface area contributed by atoms with Crippen LogP contribution in [0, 0.1) is 0 Å². The Bertz CT molecular complexity index is 178. The second kappa shape index (κ2) is 5.26. The molecule has 2 atom stereocenters. The van der Waals surface area contributed by atoms with E-state index in [-0.39, 0.29) is 0 Å². The Morgan fingerprint density at radius 3 is 1.36 bits per heavy atom. The van der Waals surface area contributed by atoms with Crippen molar-refractivity contribution in [3.63, 3.8) is 0 Å². The zero-order chi connectivity index (χ0) is 10.6. The average Bonchev–Trinajstić information content (AvgIpc) is 2.27. The fourth-order valence-corrected chi connectivity index (χ4v) is 1.56. The van der Waals surface area contributed by atoms with E-state index in [0.717, 1.165) is 26.2 Å². The Morgan fingerprint density at radius 2 is 1.14 bits per heavy atom. The molecule has 0 aliphatic carbocycles. The minimum Gasteiger partial charge on any atom is -0.375 e. The number of piperazine rings is 1. The first-order valence-electron chi connectivity index (χ1n) is 4.78. The Balaban J connectivity index is 2.38. The molecule has 1 heterocycles. The molecule has 0 spiro atoms. The first kappa shape index (κ1) is 11.4. The van der Waals surface area contributed by atoms with E-state index in [1.807, 2.05) is 9.80 Å². The van der Waals surface area contributed by atoms with Crippen molar-refractivity contribution in [2.45, 2.75) is 12.5 Å². The van der Waals surface area contributed by atoms with Gasteiger partial charge in [0.25, 0.3) is 0 Å². The van der Waals surface area contributed by atoms with Gasteiger partial charge >= 0.3 is 0 Å². The van der Waals surface area contributed by atoms with Gasteiger partial charge in [0.05, 0.1) is 0 Å². The summed E-state index contributed by atoms with van der Waals surface area (Å²) in [6.45, 7) is 10.0. The maximum absolute atomic E-state index is 9.47. The van der Waals surface area contributed by atoms with Gasteiger partial charge in [0.1, 0.15) is 12.5 Å². The number of aliphatic hydroxyl groups is 2. The lowest BCUT2D eigenvalue weighted by Crippen LogP contribution is -2.52. The van der Waals surface area contributed by atoms with E-state index < -0.39 is 12.5 Å². The topological polar surface area (TPSA) is 46.9 Å². The van der Waals surface area contributed by atoms with Crippen molar-refractivity contribution in [2.75, 3.05) is 26.2 Å². The first-order chi connectivity index (χ1) is 6.69. The summed E-state index contributed by atoms with van der Waals surface area (Å²) in [5.41, 5.74) is 0. The Hall–Kier alpha value is -0.680. The van der Waals surface area contributed by atoms with Gasteiger partial charge in [-0.3, -0.25) is 9.80 Å². The van der Waals surface area contributed by atoms with Crippen molar-refractivity contribution in [1.29, 1.82) is 0 Å². The summed E-state index contributed by atoms with van der Waals surface area (Å²) < 4.78 is 0. The third-order valence-electron chi connectivity index (χ3n) is 2.52. The second-order valence-corrected chi connectivity index (χ2v) is 3.37. The molecule has 1 aliphatic heterocycles. The van der Waals surface area contributed by atoms with Crippen LogP contribution in [0.4, 0.5) is 0 Å². The van der Waals surface area contributed by atoms with Gasteiger partial charge in [0, 0.05) is 26.2 Å². The van der Waals surface area contributed by atoms with Crippen molar-refractivity contribution in [2.24, 2.45) is 0 Å². The van der Waals surface area contributed by atoms with Crippen LogP contribution in [-0.2, 0) is 0 Å². The van der Waals surface area contributed by atoms with Crippen LogP contribution in [0.3, 0.4) is 0 Å². The zero-order valence-corrected chi connectivity index (χ0v) is 8.34. The third-order valence-corrected chi connectivity index (χ3v) is 2.52. The van der Waals surface area contributed by atoms with Crippen molar-refractivity contribution in [3.05, 3.63) is 25.3 Å². The van der Waals surface area contributed by atoms with Gasteiger partial charge in [-0.25, -0.2) is 0 Å². The molecule has 14 heavy (non-hydrogen) atoms. The third kappa shape index (κ3) is 2.65. The van der Waals surface area contributed by atoms with E-state index in [4.69, 9.17) is 0 Å². The van der Waals surface area contributed by atoms with Gasteiger partial charge in [-0.05, 0) is 12.2 Å². The summed E-state index contributed by atoms with van der Waals surface area (Å²) in [7, 11) is 0. The first-order valence-corrected chi connectivity index (χ1v) is 4.78. The highest BCUT2D eigenvalue weighted by atomic mass is 16.3. The summed E-state index contributed by atoms with van der Waals surface area (Å²) in [6, 6.07) is 0. The van der Waals surface area contributed by atoms with Gasteiger partial charge < -0.3 is 10.2 Å². The quantitative estimate of drug-likeness (QED) is 0.604. The minimum atomic E-state index is -0.571. The fraction of sp³-hybridized carbons (Fsp3) is 0.600. The lowest BCUT2D eigenvalue weighted by molar-refractivity contribution is -0.0370. The predicted molar refractivity (Wildman–Crippen MR) is 55.6 cm³/mol. The SMILES string of the molecule is C=CC(O)N1CCN(C(O)C=C)CC1. The molecule has 4 heteroatoms. The fourth-order valence-electron chi connectivity index (χ4n) is 1.56. The Kier molecular flexibility index (Phi) is 4.28. The highest BCUT2D eigenvalue weighted by Crippen LogP contribution is 2.07. The standard InChI is InChI=1S/C10H18N2O2/c1-3-9(13)11-5-7-12(8-6-11)10(14)4-2/h3-4,9-10,13-14H,1-2,5-8H2. The lowest BCUT2D eigenvalue weighted by atomic mass is 10.3. The molecule has 0 aromatic heterocycles. The molecule has 4 nitrogen and oxygen atoms in total. The maximum Gasteiger partial charge on any atom is 0.126 e. The normalized spacial score (nSPS) is 24.1. The summed E-state index contributed by atoms with van der Waals surface area (Å²) in [5.74, 6) is 0. The Labute approximate surface area is 84.7 Å². The second-order valence-electron chi connectivity index (χ2n) is 3.37. The number of aliphatic hydroxyl groups excluding tert-OH is 2. The van der Waals surface area contributed by atoms with Crippen LogP contribution >= 0.6 is 0 Å². The van der Waals surface area contributed by atoms with Gasteiger partial charge in [-0.15, -0.1) is 0 Å². The number of rotatable bonds is 4. The van der Waals surface area contributed by atoms with Crippen LogP contribution in [-0.4, -0.2) is 58.6 Å². The predicted octanol–water partition coefficient (Wildman–Crippen LogP) is -0.387. The highest BCUT2D eigenvalue weighted by molar-refractivity contribution is 4.86. The molecule has 1 aliphatic rings. The molecular weight excluding hydrogens is 180 g/mol. The van der Waals surface area contributed by atoms with Crippen LogP contribution < -0.4 is 0 Å². The average molecular weight is 198 g/mol. The Morgan fingerprint density at radius 1 is 0.857 bits per heavy atom. The monoisotopic (exact) mass is 198 g/mol. The summed E-state index contributed by atoms with van der Waals surface area (Å²) in [5, 5.41) is 18.9. The largest absolute Gasteiger partial charge is 0.375 e. The van der Waals surface area contributed by atoms with Crippen LogP contribution in [0.1, 0.15) is 0 Å². The van der Waals surface area contributed by atoms with Crippen LogP contribution in [0.2, 0.25) is 0 Å².